The van der Waals surface area contributed by atoms with Crippen LogP contribution in [0, 0.1) is 5.41 Å². The minimum atomic E-state index is 0.271. The molecule has 0 atom stereocenters. The van der Waals surface area contributed by atoms with Gasteiger partial charge in [-0.05, 0) is 29.5 Å². The van der Waals surface area contributed by atoms with E-state index in [1.807, 2.05) is 18.5 Å². The maximum atomic E-state index is 4.54. The van der Waals surface area contributed by atoms with Gasteiger partial charge >= 0.3 is 0 Å². The minimum absolute atomic E-state index is 0.271. The first-order valence-corrected chi connectivity index (χ1v) is 6.66. The normalized spacial score (nSPS) is 12.2. The fourth-order valence-electron chi connectivity index (χ4n) is 2.54. The highest BCUT2D eigenvalue weighted by atomic mass is 14.7. The van der Waals surface area contributed by atoms with Crippen molar-refractivity contribution in [2.24, 2.45) is 5.41 Å². The molecule has 0 N–H and O–H groups in total. The second kappa shape index (κ2) is 4.30. The zero-order valence-electron chi connectivity index (χ0n) is 11.6. The molecule has 0 aliphatic heterocycles. The molecule has 3 rings (SSSR count). The predicted molar refractivity (Wildman–Crippen MR) is 80.2 cm³/mol. The van der Waals surface area contributed by atoms with Gasteiger partial charge in [0.25, 0.3) is 0 Å². The first kappa shape index (κ1) is 12.1. The van der Waals surface area contributed by atoms with Gasteiger partial charge in [-0.15, -0.1) is 0 Å². The van der Waals surface area contributed by atoms with Gasteiger partial charge in [-0.25, -0.2) is 0 Å². The second-order valence-electron chi connectivity index (χ2n) is 6.24. The SMILES string of the molecule is CC(C)(C)Cc1ccnc2c1ccc1cccnc12. The van der Waals surface area contributed by atoms with Gasteiger partial charge in [-0.1, -0.05) is 39.0 Å². The fourth-order valence-corrected chi connectivity index (χ4v) is 2.54. The van der Waals surface area contributed by atoms with Gasteiger partial charge < -0.3 is 0 Å². The van der Waals surface area contributed by atoms with E-state index >= 15 is 0 Å². The van der Waals surface area contributed by atoms with E-state index in [0.717, 1.165) is 22.8 Å². The van der Waals surface area contributed by atoms with Crippen molar-refractivity contribution >= 4 is 21.8 Å². The van der Waals surface area contributed by atoms with Crippen LogP contribution in [0.25, 0.3) is 21.8 Å². The number of benzene rings is 1. The molecule has 0 aliphatic carbocycles. The van der Waals surface area contributed by atoms with E-state index in [4.69, 9.17) is 0 Å². The molecule has 0 unspecified atom stereocenters. The van der Waals surface area contributed by atoms with Crippen LogP contribution in [0.5, 0.6) is 0 Å². The molecule has 2 heteroatoms. The summed E-state index contributed by atoms with van der Waals surface area (Å²) in [6, 6.07) is 10.5. The van der Waals surface area contributed by atoms with Crippen molar-refractivity contribution in [2.45, 2.75) is 27.2 Å². The lowest BCUT2D eigenvalue weighted by molar-refractivity contribution is 0.412. The number of pyridine rings is 2. The van der Waals surface area contributed by atoms with E-state index in [0.29, 0.717) is 0 Å². The summed E-state index contributed by atoms with van der Waals surface area (Å²) >= 11 is 0. The lowest BCUT2D eigenvalue weighted by Crippen LogP contribution is -2.09. The Morgan fingerprint density at radius 3 is 2.47 bits per heavy atom. The standard InChI is InChI=1S/C17H18N2/c1-17(2,3)11-13-8-10-19-16-14(13)7-6-12-5-4-9-18-15(12)16/h4-10H,11H2,1-3H3. The maximum absolute atomic E-state index is 4.54. The second-order valence-corrected chi connectivity index (χ2v) is 6.24. The average Bonchev–Trinajstić information content (AvgIpc) is 2.37. The Hall–Kier alpha value is -1.96. The van der Waals surface area contributed by atoms with Crippen molar-refractivity contribution in [3.63, 3.8) is 0 Å². The molecule has 2 nitrogen and oxygen atoms in total. The molecule has 0 bridgehead atoms. The first-order chi connectivity index (χ1) is 9.04. The van der Waals surface area contributed by atoms with Crippen LogP contribution in [0.1, 0.15) is 26.3 Å². The molecule has 0 saturated heterocycles. The minimum Gasteiger partial charge on any atom is -0.254 e. The molecule has 96 valence electrons. The molecule has 2 aromatic heterocycles. The monoisotopic (exact) mass is 250 g/mol. The number of aromatic nitrogens is 2. The summed E-state index contributed by atoms with van der Waals surface area (Å²) in [6.07, 6.45) is 4.78. The third-order valence-electron chi connectivity index (χ3n) is 3.29. The maximum Gasteiger partial charge on any atom is 0.0967 e. The molecule has 1 aromatic carbocycles. The van der Waals surface area contributed by atoms with Crippen LogP contribution in [0.2, 0.25) is 0 Å². The number of hydrogen-bond donors (Lipinski definition) is 0. The topological polar surface area (TPSA) is 25.8 Å². The zero-order chi connectivity index (χ0) is 13.5. The van der Waals surface area contributed by atoms with E-state index < -0.39 is 0 Å². The molecule has 19 heavy (non-hydrogen) atoms. The van der Waals surface area contributed by atoms with Crippen LogP contribution in [-0.4, -0.2) is 9.97 Å². The van der Waals surface area contributed by atoms with Gasteiger partial charge in [0.1, 0.15) is 0 Å². The highest BCUT2D eigenvalue weighted by Crippen LogP contribution is 2.28. The van der Waals surface area contributed by atoms with Crippen LogP contribution in [0.4, 0.5) is 0 Å². The Morgan fingerprint density at radius 2 is 1.68 bits per heavy atom. The zero-order valence-corrected chi connectivity index (χ0v) is 11.6. The summed E-state index contributed by atoms with van der Waals surface area (Å²) in [4.78, 5) is 9.02. The lowest BCUT2D eigenvalue weighted by atomic mass is 9.87. The summed E-state index contributed by atoms with van der Waals surface area (Å²) in [7, 11) is 0. The third kappa shape index (κ3) is 2.30. The molecule has 0 fully saturated rings. The molecule has 0 amide bonds. The summed E-state index contributed by atoms with van der Waals surface area (Å²) in [5.74, 6) is 0. The number of nitrogens with zero attached hydrogens (tertiary/aromatic N) is 2. The van der Waals surface area contributed by atoms with Gasteiger partial charge in [-0.2, -0.15) is 0 Å². The van der Waals surface area contributed by atoms with Crippen LogP contribution in [0.15, 0.2) is 42.7 Å². The molecule has 2 heterocycles. The van der Waals surface area contributed by atoms with Crippen molar-refractivity contribution in [2.75, 3.05) is 0 Å². The predicted octanol–water partition coefficient (Wildman–Crippen LogP) is 4.37. The molecule has 0 saturated carbocycles. The Bertz CT molecular complexity index is 739. The van der Waals surface area contributed by atoms with E-state index in [-0.39, 0.29) is 5.41 Å². The van der Waals surface area contributed by atoms with Crippen LogP contribution < -0.4 is 0 Å². The van der Waals surface area contributed by atoms with E-state index in [2.05, 4.69) is 55.0 Å². The Balaban J connectivity index is 2.29. The third-order valence-corrected chi connectivity index (χ3v) is 3.29. The number of hydrogen-bond acceptors (Lipinski definition) is 2. The summed E-state index contributed by atoms with van der Waals surface area (Å²) in [5.41, 5.74) is 3.63. The van der Waals surface area contributed by atoms with Gasteiger partial charge in [-0.3, -0.25) is 9.97 Å². The summed E-state index contributed by atoms with van der Waals surface area (Å²) in [5, 5.41) is 2.37. The molecule has 0 aliphatic rings. The van der Waals surface area contributed by atoms with Crippen molar-refractivity contribution in [1.29, 1.82) is 0 Å². The lowest BCUT2D eigenvalue weighted by Gasteiger charge is -2.19. The first-order valence-electron chi connectivity index (χ1n) is 6.66. The molecular weight excluding hydrogens is 232 g/mol. The van der Waals surface area contributed by atoms with Gasteiger partial charge in [0, 0.05) is 23.2 Å². The summed E-state index contributed by atoms with van der Waals surface area (Å²) < 4.78 is 0. The smallest absolute Gasteiger partial charge is 0.0967 e. The van der Waals surface area contributed by atoms with Crippen molar-refractivity contribution in [1.82, 2.24) is 9.97 Å². The number of fused-ring (bicyclic) bond motifs is 3. The van der Waals surface area contributed by atoms with E-state index in [1.54, 1.807) is 0 Å². The van der Waals surface area contributed by atoms with Crippen LogP contribution in [-0.2, 0) is 6.42 Å². The van der Waals surface area contributed by atoms with E-state index in [1.165, 1.54) is 10.9 Å². The fraction of sp³-hybridized carbons (Fsp3) is 0.294. The largest absolute Gasteiger partial charge is 0.254 e. The number of rotatable bonds is 1. The molecule has 0 radical (unpaired) electrons. The molecular formula is C17H18N2. The van der Waals surface area contributed by atoms with Crippen molar-refractivity contribution in [3.05, 3.63) is 48.3 Å². The molecule has 0 spiro atoms. The van der Waals surface area contributed by atoms with Crippen LogP contribution in [0.3, 0.4) is 0 Å². The Labute approximate surface area is 113 Å². The highest BCUT2D eigenvalue weighted by Gasteiger charge is 2.14. The highest BCUT2D eigenvalue weighted by molar-refractivity contribution is 6.03. The van der Waals surface area contributed by atoms with Gasteiger partial charge in [0.05, 0.1) is 11.0 Å². The Kier molecular flexibility index (Phi) is 2.74. The summed E-state index contributed by atoms with van der Waals surface area (Å²) in [6.45, 7) is 6.79. The average molecular weight is 250 g/mol. The van der Waals surface area contributed by atoms with Gasteiger partial charge in [0.2, 0.25) is 0 Å². The van der Waals surface area contributed by atoms with Gasteiger partial charge in [0.15, 0.2) is 0 Å². The van der Waals surface area contributed by atoms with Crippen molar-refractivity contribution in [3.8, 4) is 0 Å². The van der Waals surface area contributed by atoms with Crippen molar-refractivity contribution < 1.29 is 0 Å². The molecule has 3 aromatic rings. The quantitative estimate of drug-likeness (QED) is 0.599. The van der Waals surface area contributed by atoms with E-state index in [9.17, 15) is 0 Å². The van der Waals surface area contributed by atoms with Crippen LogP contribution >= 0.6 is 0 Å². The Morgan fingerprint density at radius 1 is 0.895 bits per heavy atom.